The van der Waals surface area contributed by atoms with Crippen LogP contribution < -0.4 is 5.32 Å². The molecule has 0 radical (unpaired) electrons. The molecule has 1 heterocycles. The van der Waals surface area contributed by atoms with E-state index in [1.54, 1.807) is 7.05 Å². The maximum Gasteiger partial charge on any atom is 0.419 e. The van der Waals surface area contributed by atoms with Crippen molar-refractivity contribution < 1.29 is 22.0 Å². The fraction of sp³-hybridized carbons (Fsp3) is 0.250. The van der Waals surface area contributed by atoms with Gasteiger partial charge in [0.15, 0.2) is 11.6 Å². The van der Waals surface area contributed by atoms with E-state index in [2.05, 4.69) is 10.4 Å². The molecule has 1 aromatic heterocycles. The number of halogens is 5. The molecule has 0 aliphatic carbocycles. The molecular weight excluding hydrogens is 281 g/mol. The molecular formula is C12H10F5N3. The van der Waals surface area contributed by atoms with Crippen molar-refractivity contribution >= 4 is 0 Å². The highest BCUT2D eigenvalue weighted by atomic mass is 19.4. The van der Waals surface area contributed by atoms with Crippen molar-refractivity contribution in [1.29, 1.82) is 0 Å². The molecule has 108 valence electrons. The summed E-state index contributed by atoms with van der Waals surface area (Å²) in [6.07, 6.45) is -3.56. The summed E-state index contributed by atoms with van der Waals surface area (Å²) in [5, 5.41) is 6.07. The fourth-order valence-electron chi connectivity index (χ4n) is 1.73. The number of aromatic nitrogens is 2. The first-order chi connectivity index (χ1) is 9.32. The summed E-state index contributed by atoms with van der Waals surface area (Å²) < 4.78 is 65.5. The largest absolute Gasteiger partial charge is 0.419 e. The molecule has 0 amide bonds. The lowest BCUT2D eigenvalue weighted by Gasteiger charge is -2.08. The lowest BCUT2D eigenvalue weighted by molar-refractivity contribution is -0.137. The van der Waals surface area contributed by atoms with Crippen LogP contribution in [0.25, 0.3) is 5.69 Å². The van der Waals surface area contributed by atoms with E-state index >= 15 is 0 Å². The highest BCUT2D eigenvalue weighted by Gasteiger charge is 2.32. The molecule has 2 rings (SSSR count). The van der Waals surface area contributed by atoms with E-state index in [1.807, 2.05) is 0 Å². The lowest BCUT2D eigenvalue weighted by Crippen LogP contribution is -2.09. The Hall–Kier alpha value is -1.96. The number of hydrogen-bond donors (Lipinski definition) is 1. The van der Waals surface area contributed by atoms with E-state index in [9.17, 15) is 22.0 Å². The Morgan fingerprint density at radius 1 is 1.20 bits per heavy atom. The summed E-state index contributed by atoms with van der Waals surface area (Å²) in [7, 11) is 1.60. The second-order valence-corrected chi connectivity index (χ2v) is 4.11. The molecule has 1 N–H and O–H groups in total. The molecule has 0 saturated heterocycles. The number of rotatable bonds is 3. The van der Waals surface area contributed by atoms with Crippen molar-refractivity contribution in [2.24, 2.45) is 0 Å². The van der Waals surface area contributed by atoms with Gasteiger partial charge < -0.3 is 5.32 Å². The molecule has 0 bridgehead atoms. The highest BCUT2D eigenvalue weighted by Crippen LogP contribution is 2.30. The minimum atomic E-state index is -4.61. The van der Waals surface area contributed by atoms with Gasteiger partial charge in [-0.2, -0.15) is 18.3 Å². The van der Waals surface area contributed by atoms with Gasteiger partial charge in [-0.1, -0.05) is 0 Å². The van der Waals surface area contributed by atoms with Gasteiger partial charge in [-0.15, -0.1) is 0 Å². The standard InChI is InChI=1S/C12H10F5N3/c1-18-4-7-2-9(13)11(10(14)3-7)20-6-8(5-19-20)12(15,16)17/h2-3,5-6,18H,4H2,1H3. The van der Waals surface area contributed by atoms with Gasteiger partial charge in [0.25, 0.3) is 0 Å². The van der Waals surface area contributed by atoms with E-state index in [4.69, 9.17) is 0 Å². The zero-order valence-electron chi connectivity index (χ0n) is 10.3. The minimum absolute atomic E-state index is 0.237. The molecule has 20 heavy (non-hydrogen) atoms. The van der Waals surface area contributed by atoms with Crippen molar-refractivity contribution in [2.75, 3.05) is 7.05 Å². The van der Waals surface area contributed by atoms with Crippen molar-refractivity contribution in [2.45, 2.75) is 12.7 Å². The summed E-state index contributed by atoms with van der Waals surface area (Å²) in [6, 6.07) is 2.09. The molecule has 0 atom stereocenters. The summed E-state index contributed by atoms with van der Waals surface area (Å²) in [5.74, 6) is -1.96. The Morgan fingerprint density at radius 3 is 2.25 bits per heavy atom. The summed E-state index contributed by atoms with van der Waals surface area (Å²) in [6.45, 7) is 0.237. The maximum atomic E-state index is 13.8. The van der Waals surface area contributed by atoms with Gasteiger partial charge in [0.2, 0.25) is 0 Å². The first-order valence-electron chi connectivity index (χ1n) is 5.57. The Morgan fingerprint density at radius 2 is 1.80 bits per heavy atom. The van der Waals surface area contributed by atoms with E-state index in [-0.39, 0.29) is 6.54 Å². The zero-order valence-corrected chi connectivity index (χ0v) is 10.3. The molecule has 0 saturated carbocycles. The van der Waals surface area contributed by atoms with Crippen LogP contribution in [-0.2, 0) is 12.7 Å². The van der Waals surface area contributed by atoms with Gasteiger partial charge in [-0.05, 0) is 24.7 Å². The molecule has 1 aromatic carbocycles. The fourth-order valence-corrected chi connectivity index (χ4v) is 1.73. The quantitative estimate of drug-likeness (QED) is 0.881. The number of alkyl halides is 3. The predicted octanol–water partition coefficient (Wildman–Crippen LogP) is 2.89. The van der Waals surface area contributed by atoms with E-state index in [0.29, 0.717) is 22.6 Å². The average molecular weight is 291 g/mol. The molecule has 0 unspecified atom stereocenters. The molecule has 0 fully saturated rings. The van der Waals surface area contributed by atoms with Crippen LogP contribution in [0.2, 0.25) is 0 Å². The van der Waals surface area contributed by atoms with Crippen LogP contribution in [0, 0.1) is 11.6 Å². The monoisotopic (exact) mass is 291 g/mol. The Kier molecular flexibility index (Phi) is 3.76. The van der Waals surface area contributed by atoms with Gasteiger partial charge in [-0.3, -0.25) is 0 Å². The molecule has 2 aromatic rings. The van der Waals surface area contributed by atoms with Crippen LogP contribution in [0.15, 0.2) is 24.5 Å². The third kappa shape index (κ3) is 2.79. The minimum Gasteiger partial charge on any atom is -0.316 e. The SMILES string of the molecule is CNCc1cc(F)c(-n2cc(C(F)(F)F)cn2)c(F)c1. The van der Waals surface area contributed by atoms with Crippen LogP contribution >= 0.6 is 0 Å². The van der Waals surface area contributed by atoms with Crippen LogP contribution in [0.3, 0.4) is 0 Å². The first kappa shape index (κ1) is 14.4. The van der Waals surface area contributed by atoms with Crippen molar-refractivity contribution in [1.82, 2.24) is 15.1 Å². The predicted molar refractivity (Wildman–Crippen MR) is 61.2 cm³/mol. The van der Waals surface area contributed by atoms with Crippen LogP contribution in [-0.4, -0.2) is 16.8 Å². The van der Waals surface area contributed by atoms with E-state index < -0.39 is 29.1 Å². The lowest BCUT2D eigenvalue weighted by atomic mass is 10.2. The van der Waals surface area contributed by atoms with Crippen molar-refractivity contribution in [3.8, 4) is 5.69 Å². The molecule has 0 aliphatic rings. The second kappa shape index (κ2) is 5.20. The van der Waals surface area contributed by atoms with Gasteiger partial charge in [0.1, 0.15) is 5.69 Å². The number of benzene rings is 1. The normalized spacial score (nSPS) is 11.9. The topological polar surface area (TPSA) is 29.9 Å². The maximum absolute atomic E-state index is 13.8. The summed E-state index contributed by atoms with van der Waals surface area (Å²) in [4.78, 5) is 0. The summed E-state index contributed by atoms with van der Waals surface area (Å²) >= 11 is 0. The number of nitrogens with zero attached hydrogens (tertiary/aromatic N) is 2. The number of hydrogen-bond acceptors (Lipinski definition) is 2. The Labute approximate surface area is 111 Å². The van der Waals surface area contributed by atoms with Gasteiger partial charge in [-0.25, -0.2) is 13.5 Å². The number of nitrogens with one attached hydrogen (secondary N) is 1. The van der Waals surface area contributed by atoms with Gasteiger partial charge in [0, 0.05) is 12.7 Å². The second-order valence-electron chi connectivity index (χ2n) is 4.11. The van der Waals surface area contributed by atoms with Crippen LogP contribution in [0.1, 0.15) is 11.1 Å². The van der Waals surface area contributed by atoms with Gasteiger partial charge in [0.05, 0.1) is 11.8 Å². The van der Waals surface area contributed by atoms with E-state index in [0.717, 1.165) is 12.1 Å². The molecule has 0 spiro atoms. The van der Waals surface area contributed by atoms with Gasteiger partial charge >= 0.3 is 6.18 Å². The smallest absolute Gasteiger partial charge is 0.316 e. The third-order valence-electron chi connectivity index (χ3n) is 2.60. The highest BCUT2D eigenvalue weighted by molar-refractivity contribution is 5.38. The van der Waals surface area contributed by atoms with E-state index in [1.165, 1.54) is 0 Å². The molecule has 8 heteroatoms. The first-order valence-corrected chi connectivity index (χ1v) is 5.57. The van der Waals surface area contributed by atoms with Crippen molar-refractivity contribution in [3.63, 3.8) is 0 Å². The van der Waals surface area contributed by atoms with Crippen LogP contribution in [0.5, 0.6) is 0 Å². The third-order valence-corrected chi connectivity index (χ3v) is 2.60. The van der Waals surface area contributed by atoms with Crippen molar-refractivity contribution in [3.05, 3.63) is 47.3 Å². The van der Waals surface area contributed by atoms with Crippen LogP contribution in [0.4, 0.5) is 22.0 Å². The Bertz CT molecular complexity index is 595. The average Bonchev–Trinajstić information content (AvgIpc) is 2.77. The molecule has 3 nitrogen and oxygen atoms in total. The zero-order chi connectivity index (χ0) is 14.9. The Balaban J connectivity index is 2.45. The summed E-state index contributed by atoms with van der Waals surface area (Å²) in [5.41, 5.74) is -1.37. The molecule has 0 aliphatic heterocycles.